The maximum atomic E-state index is 12.8. The molecule has 0 atom stereocenters. The van der Waals surface area contributed by atoms with Crippen LogP contribution in [0.4, 0.5) is 13.2 Å². The van der Waals surface area contributed by atoms with Crippen LogP contribution in [0.3, 0.4) is 0 Å². The molecule has 0 amide bonds. The van der Waals surface area contributed by atoms with Crippen LogP contribution in [0.2, 0.25) is 0 Å². The van der Waals surface area contributed by atoms with Crippen LogP contribution in [0.15, 0.2) is 47.6 Å². The number of aromatic amines is 1. The van der Waals surface area contributed by atoms with E-state index >= 15 is 0 Å². The molecule has 3 nitrogen and oxygen atoms in total. The Balaban J connectivity index is 2.42. The van der Waals surface area contributed by atoms with Crippen molar-refractivity contribution in [2.75, 3.05) is 0 Å². The van der Waals surface area contributed by atoms with Crippen molar-refractivity contribution in [2.24, 2.45) is 4.99 Å². The molecule has 0 saturated heterocycles. The van der Waals surface area contributed by atoms with E-state index in [1.807, 2.05) is 19.1 Å². The summed E-state index contributed by atoms with van der Waals surface area (Å²) in [5.74, 6) is 0. The van der Waals surface area contributed by atoms with Gasteiger partial charge in [-0.15, -0.1) is 0 Å². The van der Waals surface area contributed by atoms with Crippen molar-refractivity contribution in [2.45, 2.75) is 26.4 Å². The third-order valence-electron chi connectivity index (χ3n) is 2.98. The number of allylic oxidation sites excluding steroid dienone is 1. The zero-order chi connectivity index (χ0) is 16.2. The van der Waals surface area contributed by atoms with Gasteiger partial charge >= 0.3 is 6.18 Å². The molecule has 0 spiro atoms. The number of H-pyrrole nitrogens is 1. The van der Waals surface area contributed by atoms with Gasteiger partial charge in [0.15, 0.2) is 0 Å². The quantitative estimate of drug-likeness (QED) is 0.818. The molecule has 0 radical (unpaired) electrons. The van der Waals surface area contributed by atoms with Crippen molar-refractivity contribution in [1.29, 1.82) is 0 Å². The van der Waals surface area contributed by atoms with Crippen LogP contribution >= 0.6 is 0 Å². The molecule has 1 N–H and O–H groups in total. The normalized spacial score (nSPS) is 13.5. The predicted octanol–water partition coefficient (Wildman–Crippen LogP) is 4.69. The Morgan fingerprint density at radius 2 is 2.05 bits per heavy atom. The zero-order valence-electron chi connectivity index (χ0n) is 12.3. The van der Waals surface area contributed by atoms with Crippen LogP contribution in [-0.2, 0) is 6.18 Å². The summed E-state index contributed by atoms with van der Waals surface area (Å²) in [4.78, 5) is 11.1. The number of rotatable bonds is 4. The van der Waals surface area contributed by atoms with Crippen LogP contribution in [0.1, 0.15) is 37.4 Å². The summed E-state index contributed by atoms with van der Waals surface area (Å²) in [6.45, 7) is 3.69. The summed E-state index contributed by atoms with van der Waals surface area (Å²) in [6.07, 6.45) is -0.296. The highest BCUT2D eigenvalue weighted by molar-refractivity contribution is 6.00. The topological polar surface area (TPSA) is 41.0 Å². The average Bonchev–Trinajstić information content (AvgIpc) is 3.00. The lowest BCUT2D eigenvalue weighted by Gasteiger charge is -2.09. The number of halogens is 3. The molecule has 0 aliphatic rings. The van der Waals surface area contributed by atoms with Gasteiger partial charge in [-0.3, -0.25) is 0 Å². The third-order valence-corrected chi connectivity index (χ3v) is 2.98. The van der Waals surface area contributed by atoms with E-state index in [0.29, 0.717) is 17.8 Å². The van der Waals surface area contributed by atoms with Crippen LogP contribution in [0, 0.1) is 0 Å². The van der Waals surface area contributed by atoms with Gasteiger partial charge in [0.2, 0.25) is 0 Å². The number of pyridine rings is 1. The van der Waals surface area contributed by atoms with E-state index in [2.05, 4.69) is 15.0 Å². The molecule has 6 heteroatoms. The molecular weight excluding hydrogens is 291 g/mol. The Kier molecular flexibility index (Phi) is 4.80. The minimum Gasteiger partial charge on any atom is -0.360 e. The molecule has 0 aromatic carbocycles. The van der Waals surface area contributed by atoms with Gasteiger partial charge in [0, 0.05) is 6.20 Å². The lowest BCUT2D eigenvalue weighted by atomic mass is 10.2. The van der Waals surface area contributed by atoms with Gasteiger partial charge in [-0.05, 0) is 37.6 Å². The molecule has 0 fully saturated rings. The fourth-order valence-corrected chi connectivity index (χ4v) is 1.93. The largest absolute Gasteiger partial charge is 0.433 e. The highest BCUT2D eigenvalue weighted by Crippen LogP contribution is 2.28. The van der Waals surface area contributed by atoms with E-state index < -0.39 is 11.9 Å². The van der Waals surface area contributed by atoms with Gasteiger partial charge in [0.1, 0.15) is 5.69 Å². The highest BCUT2D eigenvalue weighted by atomic mass is 19.4. The number of alkyl halides is 3. The first-order valence-corrected chi connectivity index (χ1v) is 6.85. The molecule has 0 aliphatic heterocycles. The first-order chi connectivity index (χ1) is 10.4. The van der Waals surface area contributed by atoms with E-state index in [-0.39, 0.29) is 5.69 Å². The molecule has 0 bridgehead atoms. The van der Waals surface area contributed by atoms with Gasteiger partial charge in [-0.2, -0.15) is 13.2 Å². The second kappa shape index (κ2) is 6.60. The number of aliphatic imine (C=N–C) groups is 1. The van der Waals surface area contributed by atoms with E-state index in [1.54, 1.807) is 19.2 Å². The molecule has 2 heterocycles. The van der Waals surface area contributed by atoms with E-state index in [9.17, 15) is 13.2 Å². The summed E-state index contributed by atoms with van der Waals surface area (Å²) in [7, 11) is 0. The molecule has 22 heavy (non-hydrogen) atoms. The van der Waals surface area contributed by atoms with Crippen LogP contribution in [0.5, 0.6) is 0 Å². The first-order valence-electron chi connectivity index (χ1n) is 6.85. The summed E-state index contributed by atoms with van der Waals surface area (Å²) < 4.78 is 38.3. The second-order valence-electron chi connectivity index (χ2n) is 4.68. The lowest BCUT2D eigenvalue weighted by molar-refractivity contribution is -0.141. The highest BCUT2D eigenvalue weighted by Gasteiger charge is 2.32. The van der Waals surface area contributed by atoms with E-state index in [4.69, 9.17) is 0 Å². The van der Waals surface area contributed by atoms with Gasteiger partial charge in [-0.25, -0.2) is 9.98 Å². The molecule has 2 rings (SSSR count). The number of nitrogens with zero attached hydrogens (tertiary/aromatic N) is 2. The molecule has 0 aliphatic carbocycles. The number of aromatic nitrogens is 2. The lowest BCUT2D eigenvalue weighted by Crippen LogP contribution is -2.09. The Morgan fingerprint density at radius 1 is 1.27 bits per heavy atom. The fraction of sp³-hybridized carbons (Fsp3) is 0.250. The average molecular weight is 307 g/mol. The smallest absolute Gasteiger partial charge is 0.360 e. The Hall–Kier alpha value is -2.37. The summed E-state index contributed by atoms with van der Waals surface area (Å²) in [6, 6.07) is 7.51. The van der Waals surface area contributed by atoms with Crippen molar-refractivity contribution in [1.82, 2.24) is 9.97 Å². The standard InChI is InChI=1S/C16H16F3N3/c1-3-6-13(21-11(2)12-8-5-10-20-12)14-7-4-9-15(22-14)16(17,18)19/h4-10,20H,3H2,1-2H3/b13-6+,21-11?. The minimum atomic E-state index is -4.47. The van der Waals surface area contributed by atoms with Crippen LogP contribution in [0.25, 0.3) is 5.70 Å². The van der Waals surface area contributed by atoms with Crippen molar-refractivity contribution in [3.05, 3.63) is 59.7 Å². The van der Waals surface area contributed by atoms with Crippen LogP contribution in [-0.4, -0.2) is 15.7 Å². The van der Waals surface area contributed by atoms with Gasteiger partial charge in [-0.1, -0.05) is 19.1 Å². The molecule has 2 aromatic rings. The molecule has 116 valence electrons. The van der Waals surface area contributed by atoms with Crippen molar-refractivity contribution < 1.29 is 13.2 Å². The summed E-state index contributed by atoms with van der Waals surface area (Å²) in [5, 5.41) is 0. The maximum absolute atomic E-state index is 12.8. The predicted molar refractivity (Wildman–Crippen MR) is 80.5 cm³/mol. The number of hydrogen-bond acceptors (Lipinski definition) is 2. The molecular formula is C16H16F3N3. The van der Waals surface area contributed by atoms with E-state index in [1.165, 1.54) is 12.1 Å². The van der Waals surface area contributed by atoms with E-state index in [0.717, 1.165) is 11.8 Å². The molecule has 0 unspecified atom stereocenters. The number of hydrogen-bond donors (Lipinski definition) is 1. The van der Waals surface area contributed by atoms with Crippen molar-refractivity contribution >= 4 is 11.4 Å². The van der Waals surface area contributed by atoms with Gasteiger partial charge in [0.05, 0.1) is 22.8 Å². The Morgan fingerprint density at radius 3 is 2.64 bits per heavy atom. The summed E-state index contributed by atoms with van der Waals surface area (Å²) >= 11 is 0. The second-order valence-corrected chi connectivity index (χ2v) is 4.68. The maximum Gasteiger partial charge on any atom is 0.433 e. The fourth-order valence-electron chi connectivity index (χ4n) is 1.93. The summed E-state index contributed by atoms with van der Waals surface area (Å²) in [5.41, 5.74) is 1.22. The Labute approximate surface area is 126 Å². The Bertz CT molecular complexity index is 683. The van der Waals surface area contributed by atoms with Gasteiger partial charge < -0.3 is 4.98 Å². The molecule has 2 aromatic heterocycles. The SMILES string of the molecule is CC/C=C(/N=C(C)c1ccc[nH]1)c1cccc(C(F)(F)F)n1. The third kappa shape index (κ3) is 3.84. The number of nitrogens with one attached hydrogen (secondary N) is 1. The monoisotopic (exact) mass is 307 g/mol. The van der Waals surface area contributed by atoms with Crippen molar-refractivity contribution in [3.8, 4) is 0 Å². The molecule has 0 saturated carbocycles. The zero-order valence-corrected chi connectivity index (χ0v) is 12.3. The van der Waals surface area contributed by atoms with Crippen LogP contribution < -0.4 is 0 Å². The van der Waals surface area contributed by atoms with Gasteiger partial charge in [0.25, 0.3) is 0 Å². The minimum absolute atomic E-state index is 0.211. The first kappa shape index (κ1) is 16.0. The van der Waals surface area contributed by atoms with Crippen molar-refractivity contribution in [3.63, 3.8) is 0 Å².